The lowest BCUT2D eigenvalue weighted by atomic mass is 10.2. The third kappa shape index (κ3) is 3.62. The molecule has 0 aromatic heterocycles. The Labute approximate surface area is 99.7 Å². The molecule has 0 aliphatic heterocycles. The van der Waals surface area contributed by atoms with Crippen LogP contribution in [0, 0.1) is 5.82 Å². The number of ether oxygens (including phenoxy) is 1. The molecule has 0 amide bonds. The Hall–Kier alpha value is -0.330. The molecule has 3 nitrogen and oxygen atoms in total. The van der Waals surface area contributed by atoms with Gasteiger partial charge in [0.2, 0.25) is 9.05 Å². The fraction of sp³-hybridized carbons (Fsp3) is 0.250. The van der Waals surface area contributed by atoms with Gasteiger partial charge in [-0.05, 0) is 33.6 Å². The number of halogens is 3. The minimum absolute atomic E-state index is 0.0331. The smallest absolute Gasteiger partial charge is 0.236 e. The summed E-state index contributed by atoms with van der Waals surface area (Å²) in [5.74, 6) is -1.03. The van der Waals surface area contributed by atoms with Crippen molar-refractivity contribution in [2.75, 3.05) is 7.11 Å². The summed E-state index contributed by atoms with van der Waals surface area (Å²) in [7, 11) is 2.68. The van der Waals surface area contributed by atoms with Gasteiger partial charge in [0.1, 0.15) is 0 Å². The maximum absolute atomic E-state index is 13.3. The molecule has 0 fully saturated rings. The molecule has 0 radical (unpaired) electrons. The highest BCUT2D eigenvalue weighted by atomic mass is 79.9. The van der Waals surface area contributed by atoms with E-state index in [0.29, 0.717) is 4.47 Å². The fourth-order valence-corrected chi connectivity index (χ4v) is 2.68. The van der Waals surface area contributed by atoms with Crippen LogP contribution in [-0.2, 0) is 14.8 Å². The molecule has 0 bridgehead atoms. The zero-order chi connectivity index (χ0) is 11.6. The van der Waals surface area contributed by atoms with E-state index in [4.69, 9.17) is 15.4 Å². The first-order valence-electron chi connectivity index (χ1n) is 3.77. The first kappa shape index (κ1) is 12.7. The zero-order valence-corrected chi connectivity index (χ0v) is 10.8. The highest BCUT2D eigenvalue weighted by Crippen LogP contribution is 2.30. The molecule has 1 rings (SSSR count). The van der Waals surface area contributed by atoms with Gasteiger partial charge in [0, 0.05) is 10.7 Å². The summed E-state index contributed by atoms with van der Waals surface area (Å²) < 4.78 is 39.9. The molecule has 7 heteroatoms. The minimum atomic E-state index is -3.69. The molecule has 0 saturated carbocycles. The average Bonchev–Trinajstić information content (AvgIpc) is 1.99. The number of methoxy groups -OCH3 is 1. The summed E-state index contributed by atoms with van der Waals surface area (Å²) in [4.78, 5) is 0. The second kappa shape index (κ2) is 4.67. The van der Waals surface area contributed by atoms with E-state index in [1.165, 1.54) is 13.2 Å². The molecule has 0 unspecified atom stereocenters. The summed E-state index contributed by atoms with van der Waals surface area (Å²) in [6.45, 7) is 0. The van der Waals surface area contributed by atoms with Crippen LogP contribution in [0.2, 0.25) is 0 Å². The van der Waals surface area contributed by atoms with E-state index >= 15 is 0 Å². The molecule has 0 heterocycles. The molecule has 0 spiro atoms. The van der Waals surface area contributed by atoms with Crippen LogP contribution in [0.4, 0.5) is 4.39 Å². The van der Waals surface area contributed by atoms with Crippen LogP contribution in [0.1, 0.15) is 5.56 Å². The molecule has 0 aliphatic carbocycles. The molecule has 0 N–H and O–H groups in total. The van der Waals surface area contributed by atoms with Crippen molar-refractivity contribution in [3.05, 3.63) is 28.0 Å². The monoisotopic (exact) mass is 316 g/mol. The molecule has 0 atom stereocenters. The van der Waals surface area contributed by atoms with Crippen LogP contribution >= 0.6 is 26.6 Å². The molecule has 1 aromatic carbocycles. The molecular formula is C8H7BrClFO3S. The number of hydrogen-bond acceptors (Lipinski definition) is 3. The van der Waals surface area contributed by atoms with Crippen LogP contribution in [0.3, 0.4) is 0 Å². The van der Waals surface area contributed by atoms with Gasteiger partial charge in [0.25, 0.3) is 0 Å². The van der Waals surface area contributed by atoms with E-state index in [0.717, 1.165) is 6.07 Å². The fourth-order valence-electron chi connectivity index (χ4n) is 1.09. The minimum Gasteiger partial charge on any atom is -0.492 e. The van der Waals surface area contributed by atoms with E-state index in [1.54, 1.807) is 0 Å². The predicted molar refractivity (Wildman–Crippen MR) is 59.1 cm³/mol. The molecular weight excluding hydrogens is 311 g/mol. The van der Waals surface area contributed by atoms with E-state index in [-0.39, 0.29) is 11.3 Å². The zero-order valence-electron chi connectivity index (χ0n) is 7.63. The van der Waals surface area contributed by atoms with E-state index < -0.39 is 20.6 Å². The Kier molecular flexibility index (Phi) is 3.97. The maximum Gasteiger partial charge on any atom is 0.236 e. The summed E-state index contributed by atoms with van der Waals surface area (Å²) in [5, 5.41) is 0. The first-order chi connectivity index (χ1) is 6.83. The molecule has 0 aliphatic rings. The Bertz CT molecular complexity index is 452. The Balaban J connectivity index is 3.15. The summed E-state index contributed by atoms with van der Waals surface area (Å²) in [5.41, 5.74) is 0.259. The van der Waals surface area contributed by atoms with Gasteiger partial charge in [-0.3, -0.25) is 0 Å². The Morgan fingerprint density at radius 3 is 2.53 bits per heavy atom. The predicted octanol–water partition coefficient (Wildman–Crippen LogP) is 2.67. The lowest BCUT2D eigenvalue weighted by Gasteiger charge is -2.06. The van der Waals surface area contributed by atoms with Gasteiger partial charge in [0.15, 0.2) is 11.6 Å². The van der Waals surface area contributed by atoms with Crippen LogP contribution in [0.15, 0.2) is 16.6 Å². The van der Waals surface area contributed by atoms with Crippen molar-refractivity contribution in [1.29, 1.82) is 0 Å². The third-order valence-electron chi connectivity index (χ3n) is 1.60. The van der Waals surface area contributed by atoms with Gasteiger partial charge < -0.3 is 4.74 Å². The Morgan fingerprint density at radius 2 is 2.13 bits per heavy atom. The van der Waals surface area contributed by atoms with Gasteiger partial charge in [-0.2, -0.15) is 0 Å². The van der Waals surface area contributed by atoms with Gasteiger partial charge in [0.05, 0.1) is 17.3 Å². The van der Waals surface area contributed by atoms with Crippen LogP contribution in [0.25, 0.3) is 0 Å². The standard InChI is InChI=1S/C8H7BrClFO3S/c1-14-8-6(9)2-5(3-7(8)11)4-15(10,12)13/h2-3H,4H2,1H3. The van der Waals surface area contributed by atoms with Crippen molar-refractivity contribution < 1.29 is 17.5 Å². The van der Waals surface area contributed by atoms with Gasteiger partial charge in [-0.15, -0.1) is 0 Å². The van der Waals surface area contributed by atoms with Crippen molar-refractivity contribution in [1.82, 2.24) is 0 Å². The lowest BCUT2D eigenvalue weighted by molar-refractivity contribution is 0.383. The first-order valence-corrected chi connectivity index (χ1v) is 7.05. The van der Waals surface area contributed by atoms with Gasteiger partial charge >= 0.3 is 0 Å². The normalized spacial score (nSPS) is 11.5. The van der Waals surface area contributed by atoms with Crippen molar-refractivity contribution >= 4 is 35.7 Å². The second-order valence-electron chi connectivity index (χ2n) is 2.78. The van der Waals surface area contributed by atoms with Crippen molar-refractivity contribution in [2.45, 2.75) is 5.75 Å². The molecule has 84 valence electrons. The largest absolute Gasteiger partial charge is 0.492 e. The van der Waals surface area contributed by atoms with Gasteiger partial charge in [-0.1, -0.05) is 0 Å². The number of benzene rings is 1. The summed E-state index contributed by atoms with van der Waals surface area (Å²) in [6.07, 6.45) is 0. The van der Waals surface area contributed by atoms with Crippen molar-refractivity contribution in [2.24, 2.45) is 0 Å². The third-order valence-corrected chi connectivity index (χ3v) is 3.20. The highest BCUT2D eigenvalue weighted by Gasteiger charge is 2.13. The molecule has 1 aromatic rings. The van der Waals surface area contributed by atoms with E-state index in [2.05, 4.69) is 15.9 Å². The van der Waals surface area contributed by atoms with Crippen LogP contribution in [-0.4, -0.2) is 15.5 Å². The summed E-state index contributed by atoms with van der Waals surface area (Å²) in [6, 6.07) is 2.52. The quantitative estimate of drug-likeness (QED) is 0.805. The molecule has 15 heavy (non-hydrogen) atoms. The van der Waals surface area contributed by atoms with Crippen LogP contribution in [0.5, 0.6) is 5.75 Å². The number of rotatable bonds is 3. The van der Waals surface area contributed by atoms with E-state index in [9.17, 15) is 12.8 Å². The topological polar surface area (TPSA) is 43.4 Å². The van der Waals surface area contributed by atoms with E-state index in [1.807, 2.05) is 0 Å². The highest BCUT2D eigenvalue weighted by molar-refractivity contribution is 9.10. The SMILES string of the molecule is COc1c(F)cc(CS(=O)(=O)Cl)cc1Br. The van der Waals surface area contributed by atoms with Crippen molar-refractivity contribution in [3.63, 3.8) is 0 Å². The Morgan fingerprint density at radius 1 is 1.53 bits per heavy atom. The number of hydrogen-bond donors (Lipinski definition) is 0. The van der Waals surface area contributed by atoms with Crippen molar-refractivity contribution in [3.8, 4) is 5.75 Å². The maximum atomic E-state index is 13.3. The summed E-state index contributed by atoms with van der Waals surface area (Å²) >= 11 is 3.06. The van der Waals surface area contributed by atoms with Crippen LogP contribution < -0.4 is 4.74 Å². The van der Waals surface area contributed by atoms with Gasteiger partial charge in [-0.25, -0.2) is 12.8 Å². The second-order valence-corrected chi connectivity index (χ2v) is 6.41. The lowest BCUT2D eigenvalue weighted by Crippen LogP contribution is -1.98. The average molecular weight is 318 g/mol. The molecule has 0 saturated heterocycles.